The van der Waals surface area contributed by atoms with E-state index in [2.05, 4.69) is 5.32 Å². The monoisotopic (exact) mass is 289 g/mol. The minimum absolute atomic E-state index is 0.115. The average molecular weight is 290 g/mol. The molecule has 0 saturated heterocycles. The highest BCUT2D eigenvalue weighted by Gasteiger charge is 2.10. The Morgan fingerprint density at radius 2 is 2.00 bits per heavy atom. The van der Waals surface area contributed by atoms with E-state index in [-0.39, 0.29) is 5.02 Å². The molecule has 0 spiro atoms. The summed E-state index contributed by atoms with van der Waals surface area (Å²) in [6.07, 6.45) is 0. The van der Waals surface area contributed by atoms with Crippen LogP contribution < -0.4 is 5.32 Å². The van der Waals surface area contributed by atoms with Crippen LogP contribution in [-0.4, -0.2) is 0 Å². The van der Waals surface area contributed by atoms with E-state index in [9.17, 15) is 4.39 Å². The third-order valence-corrected chi connectivity index (χ3v) is 3.58. The van der Waals surface area contributed by atoms with Crippen molar-refractivity contribution in [1.29, 1.82) is 0 Å². The second kappa shape index (κ2) is 5.17. The van der Waals surface area contributed by atoms with Crippen LogP contribution in [0, 0.1) is 12.7 Å². The van der Waals surface area contributed by atoms with Gasteiger partial charge in [0.25, 0.3) is 0 Å². The van der Waals surface area contributed by atoms with Crippen molar-refractivity contribution in [3.8, 4) is 0 Å². The van der Waals surface area contributed by atoms with Gasteiger partial charge < -0.3 is 9.73 Å². The molecular formula is C16H13ClFNO. The highest BCUT2D eigenvalue weighted by atomic mass is 35.5. The van der Waals surface area contributed by atoms with Crippen molar-refractivity contribution in [2.45, 2.75) is 13.5 Å². The molecule has 0 radical (unpaired) electrons. The van der Waals surface area contributed by atoms with E-state index in [1.165, 1.54) is 6.07 Å². The Hall–Kier alpha value is -2.00. The van der Waals surface area contributed by atoms with E-state index < -0.39 is 5.82 Å². The van der Waals surface area contributed by atoms with Crippen molar-refractivity contribution in [1.82, 2.24) is 0 Å². The third kappa shape index (κ3) is 2.37. The first-order valence-electron chi connectivity index (χ1n) is 6.31. The number of halogens is 2. The third-order valence-electron chi connectivity index (χ3n) is 3.29. The second-order valence-corrected chi connectivity index (χ2v) is 5.02. The molecule has 0 saturated carbocycles. The van der Waals surface area contributed by atoms with Crippen LogP contribution in [0.2, 0.25) is 5.02 Å². The van der Waals surface area contributed by atoms with Crippen molar-refractivity contribution >= 4 is 28.3 Å². The number of para-hydroxylation sites is 1. The molecule has 3 aromatic rings. The molecule has 20 heavy (non-hydrogen) atoms. The highest BCUT2D eigenvalue weighted by molar-refractivity contribution is 6.31. The van der Waals surface area contributed by atoms with Crippen molar-refractivity contribution in [2.75, 3.05) is 5.32 Å². The molecule has 0 aliphatic carbocycles. The summed E-state index contributed by atoms with van der Waals surface area (Å²) in [6.45, 7) is 2.54. The minimum atomic E-state index is -0.415. The zero-order chi connectivity index (χ0) is 14.1. The fraction of sp³-hybridized carbons (Fsp3) is 0.125. The van der Waals surface area contributed by atoms with Gasteiger partial charge in [-0.3, -0.25) is 0 Å². The number of anilines is 1. The average Bonchev–Trinajstić information content (AvgIpc) is 2.76. The summed E-state index contributed by atoms with van der Waals surface area (Å²) in [5, 5.41) is 4.44. The standard InChI is InChI=1S/C16H13ClFNO/c1-10-13(12-4-2-3-5-16(12)20-10)9-19-11-6-7-15(18)14(17)8-11/h2-8,19H,9H2,1H3. The molecule has 1 N–H and O–H groups in total. The maximum absolute atomic E-state index is 13.1. The summed E-state index contributed by atoms with van der Waals surface area (Å²) < 4.78 is 18.8. The summed E-state index contributed by atoms with van der Waals surface area (Å²) in [4.78, 5) is 0. The van der Waals surface area contributed by atoms with Crippen LogP contribution in [0.1, 0.15) is 11.3 Å². The van der Waals surface area contributed by atoms with E-state index in [4.69, 9.17) is 16.0 Å². The van der Waals surface area contributed by atoms with Gasteiger partial charge in [-0.05, 0) is 31.2 Å². The van der Waals surface area contributed by atoms with Crippen molar-refractivity contribution in [3.05, 3.63) is 64.6 Å². The smallest absolute Gasteiger partial charge is 0.141 e. The van der Waals surface area contributed by atoms with Crippen LogP contribution in [0.25, 0.3) is 11.0 Å². The summed E-state index contributed by atoms with van der Waals surface area (Å²) in [6, 6.07) is 12.5. The fourth-order valence-corrected chi connectivity index (χ4v) is 2.42. The zero-order valence-electron chi connectivity index (χ0n) is 10.9. The van der Waals surface area contributed by atoms with Crippen molar-refractivity contribution in [3.63, 3.8) is 0 Å². The molecule has 0 unspecified atom stereocenters. The molecule has 4 heteroatoms. The van der Waals surface area contributed by atoms with Crippen LogP contribution in [0.4, 0.5) is 10.1 Å². The number of benzene rings is 2. The zero-order valence-corrected chi connectivity index (χ0v) is 11.7. The van der Waals surface area contributed by atoms with E-state index >= 15 is 0 Å². The molecule has 1 heterocycles. The largest absolute Gasteiger partial charge is 0.461 e. The Morgan fingerprint density at radius 1 is 1.20 bits per heavy atom. The second-order valence-electron chi connectivity index (χ2n) is 4.62. The summed E-state index contributed by atoms with van der Waals surface area (Å²) in [7, 11) is 0. The normalized spacial score (nSPS) is 10.9. The van der Waals surface area contributed by atoms with Gasteiger partial charge in [0.2, 0.25) is 0 Å². The van der Waals surface area contributed by atoms with Gasteiger partial charge in [-0.1, -0.05) is 29.8 Å². The Kier molecular flexibility index (Phi) is 3.36. The van der Waals surface area contributed by atoms with Gasteiger partial charge in [0.1, 0.15) is 17.2 Å². The van der Waals surface area contributed by atoms with Crippen LogP contribution in [-0.2, 0) is 6.54 Å². The first kappa shape index (κ1) is 13.0. The van der Waals surface area contributed by atoms with E-state index in [1.807, 2.05) is 31.2 Å². The fourth-order valence-electron chi connectivity index (χ4n) is 2.24. The predicted molar refractivity (Wildman–Crippen MR) is 79.7 cm³/mol. The van der Waals surface area contributed by atoms with E-state index in [0.29, 0.717) is 6.54 Å². The Morgan fingerprint density at radius 3 is 2.80 bits per heavy atom. The van der Waals surface area contributed by atoms with Crippen LogP contribution in [0.5, 0.6) is 0 Å². The first-order chi connectivity index (χ1) is 9.65. The molecule has 102 valence electrons. The molecule has 0 amide bonds. The van der Waals surface area contributed by atoms with E-state index in [1.54, 1.807) is 12.1 Å². The molecule has 0 fully saturated rings. The molecule has 0 atom stereocenters. The molecule has 0 bridgehead atoms. The molecule has 2 nitrogen and oxygen atoms in total. The lowest BCUT2D eigenvalue weighted by molar-refractivity contribution is 0.573. The Bertz CT molecular complexity index is 766. The van der Waals surface area contributed by atoms with Crippen molar-refractivity contribution < 1.29 is 8.81 Å². The van der Waals surface area contributed by atoms with Gasteiger partial charge in [0.05, 0.1) is 5.02 Å². The minimum Gasteiger partial charge on any atom is -0.461 e. The van der Waals surface area contributed by atoms with Crippen LogP contribution in [0.3, 0.4) is 0 Å². The van der Waals surface area contributed by atoms with E-state index in [0.717, 1.165) is 28.0 Å². The number of aryl methyl sites for hydroxylation is 1. The molecule has 1 aromatic heterocycles. The van der Waals surface area contributed by atoms with Gasteiger partial charge in [0.15, 0.2) is 0 Å². The Balaban J connectivity index is 1.86. The highest BCUT2D eigenvalue weighted by Crippen LogP contribution is 2.26. The molecule has 0 aliphatic heterocycles. The van der Waals surface area contributed by atoms with Gasteiger partial charge in [-0.15, -0.1) is 0 Å². The van der Waals surface area contributed by atoms with Gasteiger partial charge in [-0.2, -0.15) is 0 Å². The topological polar surface area (TPSA) is 25.2 Å². The van der Waals surface area contributed by atoms with Crippen LogP contribution >= 0.6 is 11.6 Å². The molecule has 2 aromatic carbocycles. The Labute approximate surface area is 121 Å². The lowest BCUT2D eigenvalue weighted by Crippen LogP contribution is -2.00. The number of hydrogen-bond donors (Lipinski definition) is 1. The lowest BCUT2D eigenvalue weighted by atomic mass is 10.1. The van der Waals surface area contributed by atoms with Crippen LogP contribution in [0.15, 0.2) is 46.9 Å². The molecular weight excluding hydrogens is 277 g/mol. The SMILES string of the molecule is Cc1oc2ccccc2c1CNc1ccc(F)c(Cl)c1. The predicted octanol–water partition coefficient (Wildman–Crippen LogP) is 5.15. The molecule has 3 rings (SSSR count). The number of fused-ring (bicyclic) bond motifs is 1. The summed E-state index contributed by atoms with van der Waals surface area (Å²) in [5.41, 5.74) is 2.75. The first-order valence-corrected chi connectivity index (χ1v) is 6.69. The number of rotatable bonds is 3. The maximum Gasteiger partial charge on any atom is 0.141 e. The van der Waals surface area contributed by atoms with Gasteiger partial charge >= 0.3 is 0 Å². The maximum atomic E-state index is 13.1. The quantitative estimate of drug-likeness (QED) is 0.721. The number of hydrogen-bond acceptors (Lipinski definition) is 2. The summed E-state index contributed by atoms with van der Waals surface area (Å²) in [5.74, 6) is 0.467. The lowest BCUT2D eigenvalue weighted by Gasteiger charge is -2.07. The number of nitrogens with one attached hydrogen (secondary N) is 1. The van der Waals surface area contributed by atoms with Crippen molar-refractivity contribution in [2.24, 2.45) is 0 Å². The number of furan rings is 1. The molecule has 0 aliphatic rings. The van der Waals surface area contributed by atoms with Gasteiger partial charge in [0, 0.05) is 23.2 Å². The summed E-state index contributed by atoms with van der Waals surface area (Å²) >= 11 is 5.77. The van der Waals surface area contributed by atoms with Gasteiger partial charge in [-0.25, -0.2) is 4.39 Å².